The third-order valence-electron chi connectivity index (χ3n) is 2.64. The number of hydrogen-bond donors (Lipinski definition) is 2. The molecule has 3 N–H and O–H groups in total. The number of hydrogen-bond acceptors (Lipinski definition) is 5. The van der Waals surface area contributed by atoms with Gasteiger partial charge in [0.25, 0.3) is 0 Å². The second-order valence-electron chi connectivity index (χ2n) is 3.91. The molecule has 1 heterocycles. The van der Waals surface area contributed by atoms with Crippen LogP contribution in [0.5, 0.6) is 5.75 Å². The number of halogens is 1. The van der Waals surface area contributed by atoms with E-state index in [1.54, 1.807) is 7.11 Å². The first-order valence-electron chi connectivity index (χ1n) is 5.84. The number of nitrogens with two attached hydrogens (primary N) is 1. The number of rotatable bonds is 5. The number of nitrogens with zero attached hydrogens (tertiary/aromatic N) is 2. The lowest BCUT2D eigenvalue weighted by Gasteiger charge is -2.09. The van der Waals surface area contributed by atoms with Crippen LogP contribution >= 0.6 is 0 Å². The quantitative estimate of drug-likeness (QED) is 0.860. The average Bonchev–Trinajstić information content (AvgIpc) is 2.43. The van der Waals surface area contributed by atoms with E-state index >= 15 is 0 Å². The third-order valence-corrected chi connectivity index (χ3v) is 2.64. The Balaban J connectivity index is 1.98. The van der Waals surface area contributed by atoms with E-state index in [2.05, 4.69) is 15.3 Å². The highest BCUT2D eigenvalue weighted by molar-refractivity contribution is 5.40. The van der Waals surface area contributed by atoms with Gasteiger partial charge in [-0.1, -0.05) is 18.2 Å². The molecule has 0 aliphatic carbocycles. The van der Waals surface area contributed by atoms with Crippen LogP contribution in [-0.2, 0) is 6.42 Å². The first-order valence-corrected chi connectivity index (χ1v) is 5.84. The number of nitrogens with one attached hydrogen (secondary N) is 1. The standard InChI is InChI=1S/C13H15FN4O/c1-19-11-5-3-2-4-9(11)6-7-16-12-10(14)8-17-13(15)18-12/h2-5,8H,6-7H2,1H3,(H3,15,16,17,18). The maximum absolute atomic E-state index is 13.4. The van der Waals surface area contributed by atoms with Crippen LogP contribution < -0.4 is 15.8 Å². The van der Waals surface area contributed by atoms with Crippen LogP contribution in [-0.4, -0.2) is 23.6 Å². The normalized spacial score (nSPS) is 10.2. The van der Waals surface area contributed by atoms with Crippen LogP contribution in [0.15, 0.2) is 30.5 Å². The predicted octanol–water partition coefficient (Wildman–Crippen LogP) is 1.86. The van der Waals surface area contributed by atoms with E-state index in [0.717, 1.165) is 17.5 Å². The summed E-state index contributed by atoms with van der Waals surface area (Å²) in [5.74, 6) is 0.449. The molecule has 1 aromatic heterocycles. The van der Waals surface area contributed by atoms with Gasteiger partial charge in [0.05, 0.1) is 13.3 Å². The van der Waals surface area contributed by atoms with Gasteiger partial charge in [-0.3, -0.25) is 0 Å². The van der Waals surface area contributed by atoms with Crippen molar-refractivity contribution < 1.29 is 9.13 Å². The predicted molar refractivity (Wildman–Crippen MR) is 71.6 cm³/mol. The second-order valence-corrected chi connectivity index (χ2v) is 3.91. The van der Waals surface area contributed by atoms with Gasteiger partial charge in [-0.05, 0) is 18.1 Å². The van der Waals surface area contributed by atoms with Gasteiger partial charge in [0, 0.05) is 6.54 Å². The van der Waals surface area contributed by atoms with Gasteiger partial charge in [0.1, 0.15) is 5.75 Å². The van der Waals surface area contributed by atoms with Crippen molar-refractivity contribution in [3.05, 3.63) is 41.8 Å². The van der Waals surface area contributed by atoms with Crippen molar-refractivity contribution in [1.82, 2.24) is 9.97 Å². The summed E-state index contributed by atoms with van der Waals surface area (Å²) in [6.45, 7) is 0.522. The van der Waals surface area contributed by atoms with E-state index in [9.17, 15) is 4.39 Å². The molecule has 0 aliphatic heterocycles. The fourth-order valence-electron chi connectivity index (χ4n) is 1.73. The van der Waals surface area contributed by atoms with Crippen molar-refractivity contribution in [2.24, 2.45) is 0 Å². The maximum Gasteiger partial charge on any atom is 0.222 e. The molecule has 0 amide bonds. The van der Waals surface area contributed by atoms with Gasteiger partial charge >= 0.3 is 0 Å². The number of benzene rings is 1. The Hall–Kier alpha value is -2.37. The van der Waals surface area contributed by atoms with Gasteiger partial charge in [0.2, 0.25) is 5.95 Å². The second kappa shape index (κ2) is 5.99. The average molecular weight is 262 g/mol. The Labute approximate surface area is 110 Å². The minimum absolute atomic E-state index is 0.0428. The third kappa shape index (κ3) is 3.31. The molecule has 0 radical (unpaired) electrons. The first-order chi connectivity index (χ1) is 9.20. The van der Waals surface area contributed by atoms with Crippen LogP contribution in [0, 0.1) is 5.82 Å². The zero-order chi connectivity index (χ0) is 13.7. The molecular weight excluding hydrogens is 247 g/mol. The number of ether oxygens (including phenoxy) is 1. The molecule has 19 heavy (non-hydrogen) atoms. The molecule has 0 fully saturated rings. The van der Waals surface area contributed by atoms with Gasteiger partial charge in [-0.15, -0.1) is 0 Å². The van der Waals surface area contributed by atoms with Crippen molar-refractivity contribution in [3.8, 4) is 5.75 Å². The zero-order valence-electron chi connectivity index (χ0n) is 10.6. The Morgan fingerprint density at radius 3 is 2.95 bits per heavy atom. The van der Waals surface area contributed by atoms with Gasteiger partial charge in [-0.2, -0.15) is 4.98 Å². The smallest absolute Gasteiger partial charge is 0.222 e. The summed E-state index contributed by atoms with van der Waals surface area (Å²) < 4.78 is 18.6. The van der Waals surface area contributed by atoms with E-state index in [-0.39, 0.29) is 11.8 Å². The highest BCUT2D eigenvalue weighted by atomic mass is 19.1. The summed E-state index contributed by atoms with van der Waals surface area (Å²) in [4.78, 5) is 7.36. The minimum atomic E-state index is -0.519. The van der Waals surface area contributed by atoms with E-state index in [0.29, 0.717) is 13.0 Å². The van der Waals surface area contributed by atoms with Gasteiger partial charge < -0.3 is 15.8 Å². The molecule has 0 spiro atoms. The summed E-state index contributed by atoms with van der Waals surface area (Å²) in [6.07, 6.45) is 1.74. The SMILES string of the molecule is COc1ccccc1CCNc1nc(N)ncc1F. The minimum Gasteiger partial charge on any atom is -0.496 e. The molecule has 2 rings (SSSR count). The van der Waals surface area contributed by atoms with Crippen molar-refractivity contribution >= 4 is 11.8 Å². The van der Waals surface area contributed by atoms with E-state index in [1.807, 2.05) is 24.3 Å². The topological polar surface area (TPSA) is 73.1 Å². The van der Waals surface area contributed by atoms with Crippen LogP contribution in [0.2, 0.25) is 0 Å². The van der Waals surface area contributed by atoms with Gasteiger partial charge in [-0.25, -0.2) is 9.37 Å². The van der Waals surface area contributed by atoms with Crippen LogP contribution in [0.4, 0.5) is 16.2 Å². The molecular formula is C13H15FN4O. The molecule has 1 aromatic carbocycles. The van der Waals surface area contributed by atoms with Crippen molar-refractivity contribution in [1.29, 1.82) is 0 Å². The summed E-state index contributed by atoms with van der Waals surface area (Å²) >= 11 is 0. The fourth-order valence-corrected chi connectivity index (χ4v) is 1.73. The highest BCUT2D eigenvalue weighted by Crippen LogP contribution is 2.18. The first kappa shape index (κ1) is 13.1. The molecule has 0 bridgehead atoms. The molecule has 6 heteroatoms. The Morgan fingerprint density at radius 2 is 2.16 bits per heavy atom. The molecule has 0 saturated carbocycles. The highest BCUT2D eigenvalue weighted by Gasteiger charge is 2.06. The molecule has 0 aliphatic rings. The zero-order valence-corrected chi connectivity index (χ0v) is 10.6. The monoisotopic (exact) mass is 262 g/mol. The molecule has 100 valence electrons. The fraction of sp³-hybridized carbons (Fsp3) is 0.231. The summed E-state index contributed by atoms with van der Waals surface area (Å²) in [7, 11) is 1.62. The lowest BCUT2D eigenvalue weighted by molar-refractivity contribution is 0.410. The summed E-state index contributed by atoms with van der Waals surface area (Å²) in [6, 6.07) is 7.69. The number of para-hydroxylation sites is 1. The number of nitrogen functional groups attached to an aromatic ring is 1. The Kier molecular flexibility index (Phi) is 4.12. The molecule has 5 nitrogen and oxygen atoms in total. The number of methoxy groups -OCH3 is 1. The summed E-state index contributed by atoms with van der Waals surface area (Å²) in [5.41, 5.74) is 6.45. The van der Waals surface area contributed by atoms with Crippen LogP contribution in [0.3, 0.4) is 0 Å². The largest absolute Gasteiger partial charge is 0.496 e. The molecule has 2 aromatic rings. The number of anilines is 2. The van der Waals surface area contributed by atoms with Crippen molar-refractivity contribution in [3.63, 3.8) is 0 Å². The van der Waals surface area contributed by atoms with Crippen molar-refractivity contribution in [2.45, 2.75) is 6.42 Å². The van der Waals surface area contributed by atoms with Crippen LogP contribution in [0.25, 0.3) is 0 Å². The number of aromatic nitrogens is 2. The molecule has 0 unspecified atom stereocenters. The van der Waals surface area contributed by atoms with Gasteiger partial charge in [0.15, 0.2) is 11.6 Å². The maximum atomic E-state index is 13.4. The Bertz CT molecular complexity index is 562. The lowest BCUT2D eigenvalue weighted by Crippen LogP contribution is -2.10. The van der Waals surface area contributed by atoms with E-state index in [4.69, 9.17) is 10.5 Å². The molecule has 0 atom stereocenters. The lowest BCUT2D eigenvalue weighted by atomic mass is 10.1. The van der Waals surface area contributed by atoms with Crippen LogP contribution in [0.1, 0.15) is 5.56 Å². The molecule has 0 saturated heterocycles. The summed E-state index contributed by atoms with van der Waals surface area (Å²) in [5, 5.41) is 2.89. The van der Waals surface area contributed by atoms with Crippen molar-refractivity contribution in [2.75, 3.05) is 24.7 Å². The Morgan fingerprint density at radius 1 is 1.37 bits per heavy atom. The van der Waals surface area contributed by atoms with E-state index < -0.39 is 5.82 Å². The van der Waals surface area contributed by atoms with E-state index in [1.165, 1.54) is 0 Å².